The molecule has 4 nitrogen and oxygen atoms in total. The first-order valence-corrected chi connectivity index (χ1v) is 7.11. The van der Waals surface area contributed by atoms with E-state index in [9.17, 15) is 0 Å². The Balaban J connectivity index is 1.69. The molecule has 6 heteroatoms. The minimum absolute atomic E-state index is 0.564. The van der Waals surface area contributed by atoms with Gasteiger partial charge >= 0.3 is 0 Å². The van der Waals surface area contributed by atoms with Gasteiger partial charge in [0.2, 0.25) is 5.13 Å². The van der Waals surface area contributed by atoms with Crippen molar-refractivity contribution in [3.8, 4) is 0 Å². The summed E-state index contributed by atoms with van der Waals surface area (Å²) in [7, 11) is 0. The number of hydrogen-bond acceptors (Lipinski definition) is 5. The standard InChI is InChI=1S/C10H16N4S2/c15-10-13-12-9(16-10)11-7-4-6-14-5-2-1-3-8(7)14/h7-8H,1-6H2,(H,11,12)(H,13,15). The first kappa shape index (κ1) is 10.7. The smallest absolute Gasteiger partial charge is 0.204 e. The van der Waals surface area contributed by atoms with Crippen LogP contribution in [0.5, 0.6) is 0 Å². The van der Waals surface area contributed by atoms with Gasteiger partial charge in [0.15, 0.2) is 3.95 Å². The minimum atomic E-state index is 0.564. The van der Waals surface area contributed by atoms with Crippen molar-refractivity contribution in [2.75, 3.05) is 18.4 Å². The second-order valence-electron chi connectivity index (χ2n) is 4.56. The third kappa shape index (κ3) is 2.01. The summed E-state index contributed by atoms with van der Waals surface area (Å²) in [5.74, 6) is 0. The van der Waals surface area contributed by atoms with Crippen LogP contribution in [0.1, 0.15) is 25.7 Å². The monoisotopic (exact) mass is 256 g/mol. The normalized spacial score (nSPS) is 30.2. The van der Waals surface area contributed by atoms with Crippen molar-refractivity contribution in [3.05, 3.63) is 3.95 Å². The highest BCUT2D eigenvalue weighted by Crippen LogP contribution is 2.29. The van der Waals surface area contributed by atoms with Crippen LogP contribution in [0.3, 0.4) is 0 Å². The van der Waals surface area contributed by atoms with Crippen LogP contribution in [0, 0.1) is 3.95 Å². The molecule has 2 fully saturated rings. The Morgan fingerprint density at radius 1 is 1.38 bits per heavy atom. The summed E-state index contributed by atoms with van der Waals surface area (Å²) < 4.78 is 0.751. The Hall–Kier alpha value is -0.460. The van der Waals surface area contributed by atoms with Crippen molar-refractivity contribution < 1.29 is 0 Å². The van der Waals surface area contributed by atoms with E-state index >= 15 is 0 Å². The molecular weight excluding hydrogens is 240 g/mol. The van der Waals surface area contributed by atoms with E-state index in [1.807, 2.05) is 0 Å². The van der Waals surface area contributed by atoms with Gasteiger partial charge in [0.1, 0.15) is 0 Å². The maximum Gasteiger partial charge on any atom is 0.204 e. The molecule has 0 saturated carbocycles. The zero-order valence-electron chi connectivity index (χ0n) is 9.11. The van der Waals surface area contributed by atoms with Crippen molar-refractivity contribution in [3.63, 3.8) is 0 Å². The molecule has 0 spiro atoms. The quantitative estimate of drug-likeness (QED) is 0.797. The summed E-state index contributed by atoms with van der Waals surface area (Å²) in [4.78, 5) is 2.62. The highest BCUT2D eigenvalue weighted by molar-refractivity contribution is 7.73. The van der Waals surface area contributed by atoms with E-state index in [-0.39, 0.29) is 0 Å². The minimum Gasteiger partial charge on any atom is -0.356 e. The Morgan fingerprint density at radius 2 is 2.31 bits per heavy atom. The molecule has 3 rings (SSSR count). The fourth-order valence-corrected chi connectivity index (χ4v) is 3.72. The fraction of sp³-hybridized carbons (Fsp3) is 0.800. The van der Waals surface area contributed by atoms with E-state index in [1.54, 1.807) is 0 Å². The molecule has 0 radical (unpaired) electrons. The molecule has 1 aromatic heterocycles. The van der Waals surface area contributed by atoms with Gasteiger partial charge in [-0.1, -0.05) is 17.8 Å². The van der Waals surface area contributed by atoms with Crippen LogP contribution in [0.15, 0.2) is 0 Å². The van der Waals surface area contributed by atoms with Gasteiger partial charge in [-0.05, 0) is 38.0 Å². The molecule has 3 heterocycles. The van der Waals surface area contributed by atoms with Gasteiger partial charge in [0.25, 0.3) is 0 Å². The van der Waals surface area contributed by atoms with Gasteiger partial charge in [-0.25, -0.2) is 0 Å². The first-order valence-electron chi connectivity index (χ1n) is 5.89. The number of anilines is 1. The number of fused-ring (bicyclic) bond motifs is 1. The molecule has 0 aliphatic carbocycles. The Kier molecular flexibility index (Phi) is 2.95. The zero-order chi connectivity index (χ0) is 11.0. The lowest BCUT2D eigenvalue weighted by atomic mass is 9.99. The molecule has 0 aromatic carbocycles. The lowest BCUT2D eigenvalue weighted by Crippen LogP contribution is -2.41. The van der Waals surface area contributed by atoms with Crippen LogP contribution in [-0.4, -0.2) is 40.3 Å². The molecule has 0 bridgehead atoms. The summed E-state index contributed by atoms with van der Waals surface area (Å²) in [6, 6.07) is 1.28. The number of nitrogens with one attached hydrogen (secondary N) is 2. The lowest BCUT2D eigenvalue weighted by Gasteiger charge is -2.32. The largest absolute Gasteiger partial charge is 0.356 e. The fourth-order valence-electron chi connectivity index (χ4n) is 2.87. The highest BCUT2D eigenvalue weighted by Gasteiger charge is 2.35. The summed E-state index contributed by atoms with van der Waals surface area (Å²) >= 11 is 6.57. The van der Waals surface area contributed by atoms with Gasteiger partial charge in [0.05, 0.1) is 0 Å². The van der Waals surface area contributed by atoms with E-state index < -0.39 is 0 Å². The van der Waals surface area contributed by atoms with Crippen LogP contribution in [0.4, 0.5) is 5.13 Å². The maximum absolute atomic E-state index is 5.04. The average molecular weight is 256 g/mol. The lowest BCUT2D eigenvalue weighted by molar-refractivity contribution is 0.192. The number of hydrogen-bond donors (Lipinski definition) is 2. The van der Waals surface area contributed by atoms with E-state index in [4.69, 9.17) is 12.2 Å². The van der Waals surface area contributed by atoms with Crippen molar-refractivity contribution in [2.45, 2.75) is 37.8 Å². The van der Waals surface area contributed by atoms with E-state index in [1.165, 1.54) is 50.1 Å². The number of rotatable bonds is 2. The Morgan fingerprint density at radius 3 is 3.12 bits per heavy atom. The summed E-state index contributed by atoms with van der Waals surface area (Å²) in [6.45, 7) is 2.51. The van der Waals surface area contributed by atoms with Crippen LogP contribution in [0.25, 0.3) is 0 Å². The molecule has 1 aromatic rings. The van der Waals surface area contributed by atoms with E-state index in [0.717, 1.165) is 9.09 Å². The maximum atomic E-state index is 5.04. The second-order valence-corrected chi connectivity index (χ2v) is 6.22. The van der Waals surface area contributed by atoms with Gasteiger partial charge in [-0.15, -0.1) is 5.10 Å². The molecular formula is C10H16N4S2. The number of H-pyrrole nitrogens is 1. The van der Waals surface area contributed by atoms with Gasteiger partial charge < -0.3 is 5.32 Å². The summed E-state index contributed by atoms with van der Waals surface area (Å²) in [6.07, 6.45) is 5.30. The molecule has 2 N–H and O–H groups in total. The van der Waals surface area contributed by atoms with Crippen LogP contribution < -0.4 is 5.32 Å². The van der Waals surface area contributed by atoms with Crippen molar-refractivity contribution in [2.24, 2.45) is 0 Å². The third-order valence-electron chi connectivity index (χ3n) is 3.60. The number of piperidine rings is 1. The van der Waals surface area contributed by atoms with Gasteiger partial charge in [-0.2, -0.15) is 0 Å². The predicted octanol–water partition coefficient (Wildman–Crippen LogP) is 2.24. The number of nitrogens with zero attached hydrogens (tertiary/aromatic N) is 2. The molecule has 2 atom stereocenters. The Bertz CT molecular complexity index is 413. The Labute approximate surface area is 104 Å². The molecule has 0 amide bonds. The average Bonchev–Trinajstić information content (AvgIpc) is 2.87. The SMILES string of the molecule is S=c1[nH]nc(NC2CCN3CCCCC23)s1. The van der Waals surface area contributed by atoms with Crippen molar-refractivity contribution in [1.29, 1.82) is 0 Å². The van der Waals surface area contributed by atoms with E-state index in [2.05, 4.69) is 20.4 Å². The van der Waals surface area contributed by atoms with Gasteiger partial charge in [-0.3, -0.25) is 10.00 Å². The number of aromatic amines is 1. The summed E-state index contributed by atoms with van der Waals surface area (Å²) in [5.41, 5.74) is 0. The molecule has 2 saturated heterocycles. The van der Waals surface area contributed by atoms with Crippen molar-refractivity contribution in [1.82, 2.24) is 15.1 Å². The molecule has 2 aliphatic heterocycles. The summed E-state index contributed by atoms with van der Waals surface area (Å²) in [5, 5.41) is 11.5. The van der Waals surface area contributed by atoms with Crippen molar-refractivity contribution >= 4 is 28.7 Å². The predicted molar refractivity (Wildman–Crippen MR) is 68.5 cm³/mol. The van der Waals surface area contributed by atoms with E-state index in [0.29, 0.717) is 12.1 Å². The molecule has 2 aliphatic rings. The molecule has 16 heavy (non-hydrogen) atoms. The molecule has 88 valence electrons. The topological polar surface area (TPSA) is 44.0 Å². The number of aromatic nitrogens is 2. The molecule has 2 unspecified atom stereocenters. The van der Waals surface area contributed by atoms with Crippen LogP contribution in [-0.2, 0) is 0 Å². The zero-order valence-corrected chi connectivity index (χ0v) is 10.7. The van der Waals surface area contributed by atoms with Crippen LogP contribution in [0.2, 0.25) is 0 Å². The third-order valence-corrected chi connectivity index (χ3v) is 4.62. The van der Waals surface area contributed by atoms with Gasteiger partial charge in [0, 0.05) is 18.6 Å². The second kappa shape index (κ2) is 4.43. The highest BCUT2D eigenvalue weighted by atomic mass is 32.1. The van der Waals surface area contributed by atoms with Crippen LogP contribution >= 0.6 is 23.6 Å². The first-order chi connectivity index (χ1) is 7.83.